The van der Waals surface area contributed by atoms with Crippen LogP contribution in [0.4, 0.5) is 13.2 Å². The first-order chi connectivity index (χ1) is 9.20. The summed E-state index contributed by atoms with van der Waals surface area (Å²) in [6.07, 6.45) is -3.77. The molecule has 0 saturated carbocycles. The molecule has 0 bridgehead atoms. The average Bonchev–Trinajstić information content (AvgIpc) is 2.65. The van der Waals surface area contributed by atoms with Gasteiger partial charge in [0.15, 0.2) is 0 Å². The number of aromatic nitrogens is 2. The van der Waals surface area contributed by atoms with Crippen LogP contribution in [0.5, 0.6) is 0 Å². The maximum Gasteiger partial charge on any atom is 0.433 e. The number of carbonyl (C=O) groups is 1. The molecule has 1 heterocycles. The van der Waals surface area contributed by atoms with Gasteiger partial charge in [-0.2, -0.15) is 18.3 Å². The van der Waals surface area contributed by atoms with Crippen molar-refractivity contribution in [1.82, 2.24) is 20.0 Å². The Labute approximate surface area is 115 Å². The molecule has 114 valence electrons. The SMILES string of the molecule is Cc1cc(C(F)(F)F)n(CC(=O)NCCCN(C)C)n1. The average molecular weight is 292 g/mol. The van der Waals surface area contributed by atoms with Crippen molar-refractivity contribution in [3.8, 4) is 0 Å². The molecule has 1 aromatic rings. The molecule has 0 atom stereocenters. The van der Waals surface area contributed by atoms with Crippen LogP contribution >= 0.6 is 0 Å². The van der Waals surface area contributed by atoms with Crippen LogP contribution < -0.4 is 5.32 Å². The Balaban J connectivity index is 2.54. The maximum atomic E-state index is 12.7. The van der Waals surface area contributed by atoms with Crippen molar-refractivity contribution in [3.63, 3.8) is 0 Å². The second-order valence-corrected chi connectivity index (χ2v) is 4.83. The van der Waals surface area contributed by atoms with Gasteiger partial charge in [0.1, 0.15) is 12.2 Å². The summed E-state index contributed by atoms with van der Waals surface area (Å²) in [4.78, 5) is 13.6. The fraction of sp³-hybridized carbons (Fsp3) is 0.667. The van der Waals surface area contributed by atoms with Crippen LogP contribution in [0.1, 0.15) is 17.8 Å². The standard InChI is InChI=1S/C12H19F3N4O/c1-9-7-10(12(13,14)15)19(17-9)8-11(20)16-5-4-6-18(2)3/h7H,4-6,8H2,1-3H3,(H,16,20). The molecule has 0 aliphatic rings. The molecule has 1 amide bonds. The number of halogens is 3. The first-order valence-corrected chi connectivity index (χ1v) is 6.23. The van der Waals surface area contributed by atoms with E-state index in [1.54, 1.807) is 0 Å². The summed E-state index contributed by atoms with van der Waals surface area (Å²) < 4.78 is 38.8. The van der Waals surface area contributed by atoms with E-state index in [1.165, 1.54) is 6.92 Å². The molecule has 1 aromatic heterocycles. The second-order valence-electron chi connectivity index (χ2n) is 4.83. The smallest absolute Gasteiger partial charge is 0.354 e. The van der Waals surface area contributed by atoms with E-state index < -0.39 is 24.3 Å². The lowest BCUT2D eigenvalue weighted by Gasteiger charge is -2.12. The number of rotatable bonds is 6. The lowest BCUT2D eigenvalue weighted by Crippen LogP contribution is -2.31. The van der Waals surface area contributed by atoms with Crippen LogP contribution in [0.2, 0.25) is 0 Å². The quantitative estimate of drug-likeness (QED) is 0.804. The molecule has 8 heteroatoms. The van der Waals surface area contributed by atoms with E-state index in [1.807, 2.05) is 19.0 Å². The zero-order valence-corrected chi connectivity index (χ0v) is 11.8. The summed E-state index contributed by atoms with van der Waals surface area (Å²) in [7, 11) is 3.81. The molecule has 0 unspecified atom stereocenters. The minimum absolute atomic E-state index is 0.234. The molecular weight excluding hydrogens is 273 g/mol. The van der Waals surface area contributed by atoms with E-state index in [-0.39, 0.29) is 5.69 Å². The number of carbonyl (C=O) groups excluding carboxylic acids is 1. The number of alkyl halides is 3. The Morgan fingerprint density at radius 3 is 2.65 bits per heavy atom. The largest absolute Gasteiger partial charge is 0.433 e. The molecule has 5 nitrogen and oxygen atoms in total. The Hall–Kier alpha value is -1.57. The van der Waals surface area contributed by atoms with Crippen LogP contribution in [0.25, 0.3) is 0 Å². The van der Waals surface area contributed by atoms with Gasteiger partial charge in [-0.1, -0.05) is 0 Å². The Morgan fingerprint density at radius 1 is 1.45 bits per heavy atom. The predicted molar refractivity (Wildman–Crippen MR) is 68.1 cm³/mol. The summed E-state index contributed by atoms with van der Waals surface area (Å²) in [5, 5.41) is 6.28. The number of amides is 1. The Kier molecular flexibility index (Phi) is 5.55. The number of nitrogens with zero attached hydrogens (tertiary/aromatic N) is 3. The molecular formula is C12H19F3N4O. The minimum Gasteiger partial charge on any atom is -0.354 e. The molecule has 1 rings (SSSR count). The van der Waals surface area contributed by atoms with E-state index in [0.717, 1.165) is 19.0 Å². The van der Waals surface area contributed by atoms with Crippen LogP contribution in [0.15, 0.2) is 6.07 Å². The summed E-state index contributed by atoms with van der Waals surface area (Å²) in [6.45, 7) is 2.26. The fourth-order valence-corrected chi connectivity index (χ4v) is 1.71. The zero-order valence-electron chi connectivity index (χ0n) is 11.8. The molecule has 1 N–H and O–H groups in total. The molecule has 0 saturated heterocycles. The number of aryl methyl sites for hydroxylation is 1. The van der Waals surface area contributed by atoms with Crippen LogP contribution in [0.3, 0.4) is 0 Å². The lowest BCUT2D eigenvalue weighted by molar-refractivity contribution is -0.144. The Bertz CT molecular complexity index is 454. The van der Waals surface area contributed by atoms with Gasteiger partial charge in [-0.05, 0) is 40.1 Å². The van der Waals surface area contributed by atoms with Crippen molar-refractivity contribution >= 4 is 5.91 Å². The molecule has 0 fully saturated rings. The molecule has 0 spiro atoms. The molecule has 20 heavy (non-hydrogen) atoms. The summed E-state index contributed by atoms with van der Waals surface area (Å²) >= 11 is 0. The van der Waals surface area contributed by atoms with Crippen molar-refractivity contribution in [1.29, 1.82) is 0 Å². The van der Waals surface area contributed by atoms with Crippen LogP contribution in [-0.4, -0.2) is 47.8 Å². The third-order valence-electron chi connectivity index (χ3n) is 2.59. The monoisotopic (exact) mass is 292 g/mol. The third kappa shape index (κ3) is 5.20. The minimum atomic E-state index is -4.51. The van der Waals surface area contributed by atoms with Gasteiger partial charge in [-0.15, -0.1) is 0 Å². The first kappa shape index (κ1) is 16.5. The van der Waals surface area contributed by atoms with Crippen molar-refractivity contribution < 1.29 is 18.0 Å². The van der Waals surface area contributed by atoms with Gasteiger partial charge in [-0.3, -0.25) is 9.48 Å². The number of hydrogen-bond acceptors (Lipinski definition) is 3. The highest BCUT2D eigenvalue weighted by molar-refractivity contribution is 5.75. The van der Waals surface area contributed by atoms with E-state index in [0.29, 0.717) is 11.2 Å². The van der Waals surface area contributed by atoms with E-state index >= 15 is 0 Å². The number of nitrogens with one attached hydrogen (secondary N) is 1. The van der Waals surface area contributed by atoms with Gasteiger partial charge >= 0.3 is 6.18 Å². The molecule has 0 aliphatic carbocycles. The predicted octanol–water partition coefficient (Wildman–Crippen LogP) is 1.28. The summed E-state index contributed by atoms with van der Waals surface area (Å²) in [5.41, 5.74) is -0.670. The fourth-order valence-electron chi connectivity index (χ4n) is 1.71. The van der Waals surface area contributed by atoms with E-state index in [4.69, 9.17) is 0 Å². The van der Waals surface area contributed by atoms with E-state index in [9.17, 15) is 18.0 Å². The lowest BCUT2D eigenvalue weighted by atomic mass is 10.3. The maximum absolute atomic E-state index is 12.7. The molecule has 0 aliphatic heterocycles. The van der Waals surface area contributed by atoms with Crippen molar-refractivity contribution in [2.45, 2.75) is 26.1 Å². The first-order valence-electron chi connectivity index (χ1n) is 6.23. The van der Waals surface area contributed by atoms with Crippen LogP contribution in [-0.2, 0) is 17.5 Å². The van der Waals surface area contributed by atoms with Gasteiger partial charge in [0.2, 0.25) is 5.91 Å². The highest BCUT2D eigenvalue weighted by atomic mass is 19.4. The van der Waals surface area contributed by atoms with Crippen molar-refractivity contribution in [2.75, 3.05) is 27.2 Å². The van der Waals surface area contributed by atoms with Gasteiger partial charge < -0.3 is 10.2 Å². The zero-order chi connectivity index (χ0) is 15.3. The highest BCUT2D eigenvalue weighted by Gasteiger charge is 2.35. The molecule has 0 aromatic carbocycles. The second kappa shape index (κ2) is 6.74. The van der Waals surface area contributed by atoms with Crippen molar-refractivity contribution in [3.05, 3.63) is 17.5 Å². The third-order valence-corrected chi connectivity index (χ3v) is 2.59. The molecule has 0 radical (unpaired) electrons. The summed E-state index contributed by atoms with van der Waals surface area (Å²) in [5.74, 6) is -0.475. The summed E-state index contributed by atoms with van der Waals surface area (Å²) in [6, 6.07) is 0.930. The van der Waals surface area contributed by atoms with Gasteiger partial charge in [0.25, 0.3) is 0 Å². The topological polar surface area (TPSA) is 50.2 Å². The van der Waals surface area contributed by atoms with Crippen molar-refractivity contribution in [2.24, 2.45) is 0 Å². The van der Waals surface area contributed by atoms with Gasteiger partial charge in [0.05, 0.1) is 5.69 Å². The van der Waals surface area contributed by atoms with Crippen LogP contribution in [0, 0.1) is 6.92 Å². The highest BCUT2D eigenvalue weighted by Crippen LogP contribution is 2.29. The van der Waals surface area contributed by atoms with E-state index in [2.05, 4.69) is 10.4 Å². The normalized spacial score (nSPS) is 11.9. The Morgan fingerprint density at radius 2 is 2.10 bits per heavy atom. The number of hydrogen-bond donors (Lipinski definition) is 1. The van der Waals surface area contributed by atoms with Gasteiger partial charge in [-0.25, -0.2) is 0 Å². The van der Waals surface area contributed by atoms with Gasteiger partial charge in [0, 0.05) is 6.54 Å².